The molecule has 2 aromatic carbocycles. The fourth-order valence-corrected chi connectivity index (χ4v) is 2.41. The molecule has 5 heteroatoms. The maximum absolute atomic E-state index is 12.5. The first-order valence-corrected chi connectivity index (χ1v) is 8.06. The van der Waals surface area contributed by atoms with Gasteiger partial charge in [-0.25, -0.2) is 4.79 Å². The van der Waals surface area contributed by atoms with Gasteiger partial charge in [0.15, 0.2) is 6.10 Å². The summed E-state index contributed by atoms with van der Waals surface area (Å²) in [5, 5.41) is 2.81. The van der Waals surface area contributed by atoms with E-state index in [-0.39, 0.29) is 5.91 Å². The van der Waals surface area contributed by atoms with Crippen LogP contribution in [0.5, 0.6) is 5.75 Å². The molecule has 0 aliphatic rings. The monoisotopic (exact) mass is 341 g/mol. The molecule has 0 unspecified atom stereocenters. The minimum atomic E-state index is -0.679. The lowest BCUT2D eigenvalue weighted by atomic mass is 10.1. The Labute approximate surface area is 148 Å². The molecular weight excluding hydrogens is 318 g/mol. The van der Waals surface area contributed by atoms with Crippen molar-refractivity contribution >= 4 is 17.6 Å². The molecule has 0 heterocycles. The quantitative estimate of drug-likeness (QED) is 0.840. The summed E-state index contributed by atoms with van der Waals surface area (Å²) in [6, 6.07) is 11.0. The lowest BCUT2D eigenvalue weighted by Crippen LogP contribution is -2.30. The highest BCUT2D eigenvalue weighted by Gasteiger charge is 2.18. The van der Waals surface area contributed by atoms with E-state index in [1.807, 2.05) is 32.0 Å². The Hall–Kier alpha value is -2.82. The number of amides is 1. The van der Waals surface area contributed by atoms with Crippen LogP contribution in [0.4, 0.5) is 5.69 Å². The number of carbonyl (C=O) groups is 2. The number of benzene rings is 2. The summed E-state index contributed by atoms with van der Waals surface area (Å²) in [4.78, 5) is 24.2. The number of hydrogen-bond acceptors (Lipinski definition) is 4. The number of rotatable bonds is 5. The minimum absolute atomic E-state index is 0.286. The number of carbonyl (C=O) groups excluding carboxylic acids is 2. The van der Waals surface area contributed by atoms with Crippen LogP contribution >= 0.6 is 0 Å². The van der Waals surface area contributed by atoms with E-state index in [2.05, 4.69) is 5.32 Å². The molecule has 0 radical (unpaired) electrons. The minimum Gasteiger partial charge on any atom is -0.481 e. The molecule has 0 saturated heterocycles. The van der Waals surface area contributed by atoms with Crippen LogP contribution in [-0.4, -0.2) is 25.1 Å². The van der Waals surface area contributed by atoms with Gasteiger partial charge in [0.05, 0.1) is 12.7 Å². The molecule has 0 spiro atoms. The molecule has 25 heavy (non-hydrogen) atoms. The molecule has 5 nitrogen and oxygen atoms in total. The number of methoxy groups -OCH3 is 1. The van der Waals surface area contributed by atoms with Crippen molar-refractivity contribution in [3.63, 3.8) is 0 Å². The van der Waals surface area contributed by atoms with Crippen molar-refractivity contribution in [2.45, 2.75) is 33.8 Å². The molecule has 1 atom stereocenters. The van der Waals surface area contributed by atoms with Crippen LogP contribution in [0.15, 0.2) is 36.4 Å². The van der Waals surface area contributed by atoms with Crippen molar-refractivity contribution in [3.05, 3.63) is 58.7 Å². The van der Waals surface area contributed by atoms with Gasteiger partial charge >= 0.3 is 5.97 Å². The first kappa shape index (κ1) is 18.5. The van der Waals surface area contributed by atoms with Crippen molar-refractivity contribution < 1.29 is 19.1 Å². The van der Waals surface area contributed by atoms with E-state index < -0.39 is 12.1 Å². The van der Waals surface area contributed by atoms with Crippen LogP contribution in [0.25, 0.3) is 0 Å². The van der Waals surface area contributed by atoms with Gasteiger partial charge in [0.2, 0.25) is 0 Å². The standard InChI is InChI=1S/C20H23NO4/c1-12-9-10-13(2)18(11-12)25-15(4)19(22)21-17-8-6-7-16(14(17)3)20(23)24-5/h6-11,15H,1-5H3,(H,21,22)/t15-/m1/s1. The average Bonchev–Trinajstić information content (AvgIpc) is 2.59. The third kappa shape index (κ3) is 4.38. The van der Waals surface area contributed by atoms with Gasteiger partial charge in [-0.15, -0.1) is 0 Å². The maximum Gasteiger partial charge on any atom is 0.338 e. The Morgan fingerprint density at radius 1 is 1.08 bits per heavy atom. The first-order valence-electron chi connectivity index (χ1n) is 8.06. The zero-order valence-corrected chi connectivity index (χ0v) is 15.2. The average molecular weight is 341 g/mol. The molecule has 0 fully saturated rings. The highest BCUT2D eigenvalue weighted by molar-refractivity contribution is 5.98. The Kier molecular flexibility index (Phi) is 5.80. The van der Waals surface area contributed by atoms with E-state index >= 15 is 0 Å². The third-order valence-electron chi connectivity index (χ3n) is 4.01. The van der Waals surface area contributed by atoms with Gasteiger partial charge < -0.3 is 14.8 Å². The summed E-state index contributed by atoms with van der Waals surface area (Å²) >= 11 is 0. The van der Waals surface area contributed by atoms with Crippen molar-refractivity contribution in [2.75, 3.05) is 12.4 Å². The van der Waals surface area contributed by atoms with Gasteiger partial charge in [-0.1, -0.05) is 18.2 Å². The van der Waals surface area contributed by atoms with Gasteiger partial charge in [-0.3, -0.25) is 4.79 Å². The van der Waals surface area contributed by atoms with Crippen LogP contribution in [0.1, 0.15) is 34.0 Å². The van der Waals surface area contributed by atoms with Crippen LogP contribution in [0.3, 0.4) is 0 Å². The first-order chi connectivity index (χ1) is 11.8. The Bertz CT molecular complexity index is 798. The van der Waals surface area contributed by atoms with Crippen LogP contribution in [0, 0.1) is 20.8 Å². The number of ether oxygens (including phenoxy) is 2. The molecule has 0 aromatic heterocycles. The summed E-state index contributed by atoms with van der Waals surface area (Å²) in [7, 11) is 1.33. The van der Waals surface area contributed by atoms with Gasteiger partial charge in [-0.05, 0) is 62.6 Å². The van der Waals surface area contributed by atoms with Crippen molar-refractivity contribution in [2.24, 2.45) is 0 Å². The van der Waals surface area contributed by atoms with Crippen LogP contribution in [0.2, 0.25) is 0 Å². The largest absolute Gasteiger partial charge is 0.481 e. The second kappa shape index (κ2) is 7.83. The fourth-order valence-electron chi connectivity index (χ4n) is 2.41. The number of anilines is 1. The Morgan fingerprint density at radius 3 is 2.48 bits per heavy atom. The predicted molar refractivity (Wildman–Crippen MR) is 97.2 cm³/mol. The lowest BCUT2D eigenvalue weighted by Gasteiger charge is -2.18. The molecule has 1 amide bonds. The molecule has 0 aliphatic carbocycles. The molecule has 0 aliphatic heterocycles. The van der Waals surface area contributed by atoms with Crippen molar-refractivity contribution in [1.82, 2.24) is 0 Å². The number of esters is 1. The topological polar surface area (TPSA) is 64.6 Å². The summed E-state index contributed by atoms with van der Waals surface area (Å²) in [5.74, 6) is -0.0398. The summed E-state index contributed by atoms with van der Waals surface area (Å²) in [5.41, 5.74) is 3.67. The predicted octanol–water partition coefficient (Wildman–Crippen LogP) is 3.80. The van der Waals surface area contributed by atoms with Gasteiger partial charge in [0.1, 0.15) is 5.75 Å². The van der Waals surface area contributed by atoms with E-state index in [4.69, 9.17) is 9.47 Å². The van der Waals surface area contributed by atoms with E-state index in [0.717, 1.165) is 11.1 Å². The van der Waals surface area contributed by atoms with E-state index in [0.29, 0.717) is 22.6 Å². The molecule has 132 valence electrons. The SMILES string of the molecule is COC(=O)c1cccc(NC(=O)[C@@H](C)Oc2cc(C)ccc2C)c1C. The summed E-state index contributed by atoms with van der Waals surface area (Å²) < 4.78 is 10.5. The van der Waals surface area contributed by atoms with Gasteiger partial charge in [0.25, 0.3) is 5.91 Å². The highest BCUT2D eigenvalue weighted by Crippen LogP contribution is 2.22. The lowest BCUT2D eigenvalue weighted by molar-refractivity contribution is -0.122. The molecule has 2 rings (SSSR count). The maximum atomic E-state index is 12.5. The second-order valence-electron chi connectivity index (χ2n) is 5.99. The molecule has 0 bridgehead atoms. The molecule has 2 aromatic rings. The third-order valence-corrected chi connectivity index (χ3v) is 4.01. The fraction of sp³-hybridized carbons (Fsp3) is 0.300. The Morgan fingerprint density at radius 2 is 1.80 bits per heavy atom. The number of aryl methyl sites for hydroxylation is 2. The number of hydrogen-bond donors (Lipinski definition) is 1. The van der Waals surface area contributed by atoms with E-state index in [1.165, 1.54) is 7.11 Å². The van der Waals surface area contributed by atoms with Crippen molar-refractivity contribution in [3.8, 4) is 5.75 Å². The van der Waals surface area contributed by atoms with Crippen LogP contribution in [-0.2, 0) is 9.53 Å². The molecule has 1 N–H and O–H groups in total. The Balaban J connectivity index is 2.14. The zero-order valence-electron chi connectivity index (χ0n) is 15.2. The molecular formula is C20H23NO4. The normalized spacial score (nSPS) is 11.6. The highest BCUT2D eigenvalue weighted by atomic mass is 16.5. The van der Waals surface area contributed by atoms with Gasteiger partial charge in [-0.2, -0.15) is 0 Å². The van der Waals surface area contributed by atoms with Gasteiger partial charge in [0, 0.05) is 5.69 Å². The smallest absolute Gasteiger partial charge is 0.338 e. The van der Waals surface area contributed by atoms with E-state index in [9.17, 15) is 9.59 Å². The second-order valence-corrected chi connectivity index (χ2v) is 5.99. The van der Waals surface area contributed by atoms with E-state index in [1.54, 1.807) is 32.0 Å². The summed E-state index contributed by atoms with van der Waals surface area (Å²) in [6.07, 6.45) is -0.679. The summed E-state index contributed by atoms with van der Waals surface area (Å²) in [6.45, 7) is 7.36. The van der Waals surface area contributed by atoms with Crippen molar-refractivity contribution in [1.29, 1.82) is 0 Å². The number of nitrogens with one attached hydrogen (secondary N) is 1. The zero-order chi connectivity index (χ0) is 18.6. The van der Waals surface area contributed by atoms with Crippen LogP contribution < -0.4 is 10.1 Å². The molecule has 0 saturated carbocycles.